The van der Waals surface area contributed by atoms with Crippen LogP contribution in [0.25, 0.3) is 0 Å². The topological polar surface area (TPSA) is 80.9 Å². The summed E-state index contributed by atoms with van der Waals surface area (Å²) in [6.07, 6.45) is 2.29. The summed E-state index contributed by atoms with van der Waals surface area (Å²) in [6, 6.07) is 1.47. The summed E-state index contributed by atoms with van der Waals surface area (Å²) in [5.74, 6) is -0.193. The second-order valence-corrected chi connectivity index (χ2v) is 4.89. The molecule has 0 spiro atoms. The Kier molecular flexibility index (Phi) is 5.82. The second-order valence-electron chi connectivity index (χ2n) is 4.42. The average molecular weight is 280 g/mol. The van der Waals surface area contributed by atoms with Gasteiger partial charge in [0.05, 0.1) is 28.0 Å². The minimum atomic E-state index is -0.273. The van der Waals surface area contributed by atoms with Gasteiger partial charge < -0.3 is 11.1 Å². The van der Waals surface area contributed by atoms with Crippen LogP contribution in [0.15, 0.2) is 6.07 Å². The predicted molar refractivity (Wildman–Crippen MR) is 79.1 cm³/mol. The molecule has 0 aromatic carbocycles. The summed E-state index contributed by atoms with van der Waals surface area (Å²) in [6.45, 7) is 5.76. The SMILES string of the molecule is CCCC(NC(=O)c1cc(C)nnc1CC)C(N)=S. The number of aromatic nitrogens is 2. The van der Waals surface area contributed by atoms with E-state index in [9.17, 15) is 4.79 Å². The highest BCUT2D eigenvalue weighted by atomic mass is 32.1. The third-order valence-corrected chi connectivity index (χ3v) is 3.08. The van der Waals surface area contributed by atoms with Crippen molar-refractivity contribution in [2.75, 3.05) is 0 Å². The van der Waals surface area contributed by atoms with E-state index in [1.165, 1.54) is 0 Å². The van der Waals surface area contributed by atoms with Crippen LogP contribution in [0.3, 0.4) is 0 Å². The van der Waals surface area contributed by atoms with Crippen molar-refractivity contribution in [3.63, 3.8) is 0 Å². The molecular weight excluding hydrogens is 260 g/mol. The lowest BCUT2D eigenvalue weighted by atomic mass is 10.1. The van der Waals surface area contributed by atoms with Gasteiger partial charge >= 0.3 is 0 Å². The summed E-state index contributed by atoms with van der Waals surface area (Å²) >= 11 is 4.97. The molecule has 0 aliphatic carbocycles. The zero-order valence-electron chi connectivity index (χ0n) is 11.6. The molecule has 0 saturated carbocycles. The van der Waals surface area contributed by atoms with E-state index in [4.69, 9.17) is 18.0 Å². The van der Waals surface area contributed by atoms with E-state index >= 15 is 0 Å². The molecule has 1 aromatic heterocycles. The minimum Gasteiger partial charge on any atom is -0.392 e. The Morgan fingerprint density at radius 2 is 2.16 bits per heavy atom. The first-order valence-corrected chi connectivity index (χ1v) is 6.83. The van der Waals surface area contributed by atoms with Gasteiger partial charge in [-0.15, -0.1) is 0 Å². The van der Waals surface area contributed by atoms with Crippen molar-refractivity contribution >= 4 is 23.1 Å². The number of aryl methyl sites for hydroxylation is 2. The van der Waals surface area contributed by atoms with Crippen LogP contribution >= 0.6 is 12.2 Å². The van der Waals surface area contributed by atoms with E-state index in [0.29, 0.717) is 28.4 Å². The number of hydrogen-bond acceptors (Lipinski definition) is 4. The van der Waals surface area contributed by atoms with Gasteiger partial charge in [0.2, 0.25) is 0 Å². The number of nitrogens with two attached hydrogens (primary N) is 1. The number of nitrogens with one attached hydrogen (secondary N) is 1. The van der Waals surface area contributed by atoms with E-state index in [0.717, 1.165) is 12.8 Å². The lowest BCUT2D eigenvalue weighted by Crippen LogP contribution is -2.43. The fraction of sp³-hybridized carbons (Fsp3) is 0.538. The van der Waals surface area contributed by atoms with E-state index in [1.807, 2.05) is 13.8 Å². The number of amides is 1. The summed E-state index contributed by atoms with van der Waals surface area (Å²) in [4.78, 5) is 12.6. The molecule has 0 fully saturated rings. The van der Waals surface area contributed by atoms with Crippen LogP contribution in [0.5, 0.6) is 0 Å². The largest absolute Gasteiger partial charge is 0.392 e. The monoisotopic (exact) mass is 280 g/mol. The van der Waals surface area contributed by atoms with Crippen LogP contribution in [0.2, 0.25) is 0 Å². The Balaban J connectivity index is 2.93. The van der Waals surface area contributed by atoms with Gasteiger partial charge in [0.25, 0.3) is 5.91 Å². The van der Waals surface area contributed by atoms with Crippen molar-refractivity contribution in [2.45, 2.75) is 46.1 Å². The van der Waals surface area contributed by atoms with Crippen molar-refractivity contribution < 1.29 is 4.79 Å². The molecule has 0 aliphatic heterocycles. The molecule has 0 saturated heterocycles. The number of carbonyl (C=O) groups is 1. The van der Waals surface area contributed by atoms with Gasteiger partial charge in [-0.3, -0.25) is 4.79 Å². The maximum Gasteiger partial charge on any atom is 0.253 e. The fourth-order valence-corrected chi connectivity index (χ4v) is 1.96. The Bertz CT molecular complexity index is 476. The molecule has 1 unspecified atom stereocenters. The first-order chi connectivity index (χ1) is 8.99. The van der Waals surface area contributed by atoms with E-state index in [2.05, 4.69) is 15.5 Å². The molecule has 1 atom stereocenters. The molecule has 1 rings (SSSR count). The molecule has 1 amide bonds. The molecule has 6 heteroatoms. The number of carbonyl (C=O) groups excluding carboxylic acids is 1. The first kappa shape index (κ1) is 15.5. The summed E-state index contributed by atoms with van der Waals surface area (Å²) < 4.78 is 0. The highest BCUT2D eigenvalue weighted by molar-refractivity contribution is 7.80. The normalized spacial score (nSPS) is 11.9. The smallest absolute Gasteiger partial charge is 0.253 e. The van der Waals surface area contributed by atoms with Crippen LogP contribution in [0.1, 0.15) is 48.4 Å². The highest BCUT2D eigenvalue weighted by Crippen LogP contribution is 2.09. The maximum atomic E-state index is 12.3. The summed E-state index contributed by atoms with van der Waals surface area (Å²) in [5, 5.41) is 10.9. The quantitative estimate of drug-likeness (QED) is 0.772. The molecule has 3 N–H and O–H groups in total. The van der Waals surface area contributed by atoms with Crippen LogP contribution in [0, 0.1) is 6.92 Å². The summed E-state index contributed by atoms with van der Waals surface area (Å²) in [5.41, 5.74) is 7.58. The van der Waals surface area contributed by atoms with Crippen LogP contribution in [-0.4, -0.2) is 27.1 Å². The number of thiocarbonyl (C=S) groups is 1. The number of hydrogen-bond donors (Lipinski definition) is 2. The molecule has 0 radical (unpaired) electrons. The molecule has 1 heterocycles. The number of nitrogens with zero attached hydrogens (tertiary/aromatic N) is 2. The van der Waals surface area contributed by atoms with Crippen LogP contribution in [-0.2, 0) is 6.42 Å². The molecule has 104 valence electrons. The zero-order valence-corrected chi connectivity index (χ0v) is 12.4. The third-order valence-electron chi connectivity index (χ3n) is 2.80. The van der Waals surface area contributed by atoms with Crippen molar-refractivity contribution in [1.82, 2.24) is 15.5 Å². The van der Waals surface area contributed by atoms with Crippen LogP contribution in [0.4, 0.5) is 0 Å². The van der Waals surface area contributed by atoms with E-state index in [-0.39, 0.29) is 11.9 Å². The van der Waals surface area contributed by atoms with Gasteiger partial charge in [-0.05, 0) is 25.8 Å². The molecule has 19 heavy (non-hydrogen) atoms. The molecular formula is C13H20N4OS. The van der Waals surface area contributed by atoms with E-state index in [1.54, 1.807) is 13.0 Å². The highest BCUT2D eigenvalue weighted by Gasteiger charge is 2.18. The third kappa shape index (κ3) is 4.24. The Hall–Kier alpha value is -1.56. The van der Waals surface area contributed by atoms with Crippen LogP contribution < -0.4 is 11.1 Å². The van der Waals surface area contributed by atoms with Gasteiger partial charge in [-0.2, -0.15) is 10.2 Å². The molecule has 0 aliphatic rings. The van der Waals surface area contributed by atoms with Crippen molar-refractivity contribution in [1.29, 1.82) is 0 Å². The lowest BCUT2D eigenvalue weighted by Gasteiger charge is -2.17. The van der Waals surface area contributed by atoms with Gasteiger partial charge in [0.1, 0.15) is 0 Å². The standard InChI is InChI=1S/C13H20N4OS/c1-4-6-11(12(14)19)15-13(18)9-7-8(3)16-17-10(9)5-2/h7,11H,4-6H2,1-3H3,(H2,14,19)(H,15,18). The van der Waals surface area contributed by atoms with Gasteiger partial charge in [0, 0.05) is 0 Å². The Morgan fingerprint density at radius 3 is 2.68 bits per heavy atom. The first-order valence-electron chi connectivity index (χ1n) is 6.42. The van der Waals surface area contributed by atoms with Crippen molar-refractivity contribution in [2.24, 2.45) is 5.73 Å². The lowest BCUT2D eigenvalue weighted by molar-refractivity contribution is 0.0944. The van der Waals surface area contributed by atoms with Gasteiger partial charge in [0.15, 0.2) is 0 Å². The van der Waals surface area contributed by atoms with Crippen molar-refractivity contribution in [3.8, 4) is 0 Å². The van der Waals surface area contributed by atoms with E-state index < -0.39 is 0 Å². The molecule has 1 aromatic rings. The Labute approximate surface area is 119 Å². The molecule has 0 bridgehead atoms. The van der Waals surface area contributed by atoms with Gasteiger partial charge in [-0.1, -0.05) is 32.5 Å². The Morgan fingerprint density at radius 1 is 1.47 bits per heavy atom. The molecule has 5 nitrogen and oxygen atoms in total. The second kappa shape index (κ2) is 7.13. The maximum absolute atomic E-state index is 12.3. The average Bonchev–Trinajstić information content (AvgIpc) is 2.37. The zero-order chi connectivity index (χ0) is 14.4. The number of rotatable bonds is 6. The fourth-order valence-electron chi connectivity index (χ4n) is 1.78. The minimum absolute atomic E-state index is 0.193. The van der Waals surface area contributed by atoms with Crippen molar-refractivity contribution in [3.05, 3.63) is 23.0 Å². The predicted octanol–water partition coefficient (Wildman–Crippen LogP) is 1.53. The van der Waals surface area contributed by atoms with Gasteiger partial charge in [-0.25, -0.2) is 0 Å². The summed E-state index contributed by atoms with van der Waals surface area (Å²) in [7, 11) is 0.